The average molecular weight is 224 g/mol. The van der Waals surface area contributed by atoms with Crippen LogP contribution in [-0.4, -0.2) is 38.3 Å². The number of fused-ring (bicyclic) bond motifs is 1. The minimum atomic E-state index is -0.192. The minimum absolute atomic E-state index is 0.192. The second-order valence-electron chi connectivity index (χ2n) is 5.66. The maximum Gasteiger partial charge on any atom is 0.226 e. The van der Waals surface area contributed by atoms with E-state index < -0.39 is 0 Å². The predicted octanol–water partition coefficient (Wildman–Crippen LogP) is 0.137. The number of piperidine rings is 1. The summed E-state index contributed by atoms with van der Waals surface area (Å²) in [4.78, 5) is 12.2. The van der Waals surface area contributed by atoms with E-state index in [4.69, 9.17) is 4.74 Å². The van der Waals surface area contributed by atoms with Gasteiger partial charge >= 0.3 is 0 Å². The Labute approximate surface area is 96.1 Å². The van der Waals surface area contributed by atoms with E-state index in [0.29, 0.717) is 17.9 Å². The van der Waals surface area contributed by atoms with Crippen LogP contribution in [-0.2, 0) is 9.53 Å². The SMILES string of the molecule is CC1(C(=O)NC2[C@H]3CNC[C@@H]23)CCOCC1. The minimum Gasteiger partial charge on any atom is -0.381 e. The number of rotatable bonds is 2. The molecule has 0 aromatic carbocycles. The van der Waals surface area contributed by atoms with Gasteiger partial charge in [-0.25, -0.2) is 0 Å². The Kier molecular flexibility index (Phi) is 2.44. The van der Waals surface area contributed by atoms with Crippen molar-refractivity contribution in [1.29, 1.82) is 0 Å². The quantitative estimate of drug-likeness (QED) is 0.701. The van der Waals surface area contributed by atoms with E-state index in [1.807, 2.05) is 0 Å². The standard InChI is InChI=1S/C12H20N2O2/c1-12(2-4-16-5-3-12)11(15)14-10-8-6-13-7-9(8)10/h8-10,13H,2-7H2,1H3,(H,14,15)/t8-,9+,10?. The molecule has 1 unspecified atom stereocenters. The summed E-state index contributed by atoms with van der Waals surface area (Å²) in [6.07, 6.45) is 1.72. The lowest BCUT2D eigenvalue weighted by molar-refractivity contribution is -0.135. The van der Waals surface area contributed by atoms with Gasteiger partial charge in [0, 0.05) is 32.3 Å². The highest BCUT2D eigenvalue weighted by molar-refractivity contribution is 5.83. The van der Waals surface area contributed by atoms with Crippen LogP contribution in [0.4, 0.5) is 0 Å². The third-order valence-electron chi connectivity index (χ3n) is 4.53. The summed E-state index contributed by atoms with van der Waals surface area (Å²) in [6.45, 7) is 5.68. The molecule has 16 heavy (non-hydrogen) atoms. The van der Waals surface area contributed by atoms with Crippen LogP contribution in [0.5, 0.6) is 0 Å². The lowest BCUT2D eigenvalue weighted by atomic mass is 9.81. The number of amides is 1. The molecule has 0 radical (unpaired) electrons. The molecule has 2 heterocycles. The first-order chi connectivity index (χ1) is 7.71. The number of nitrogens with one attached hydrogen (secondary N) is 2. The van der Waals surface area contributed by atoms with Gasteiger partial charge in [0.2, 0.25) is 5.91 Å². The van der Waals surface area contributed by atoms with Gasteiger partial charge in [-0.15, -0.1) is 0 Å². The molecule has 2 saturated heterocycles. The molecule has 2 N–H and O–H groups in total. The van der Waals surface area contributed by atoms with Crippen LogP contribution < -0.4 is 10.6 Å². The van der Waals surface area contributed by atoms with Crippen LogP contribution in [0.3, 0.4) is 0 Å². The van der Waals surface area contributed by atoms with E-state index in [1.165, 1.54) is 0 Å². The molecule has 1 saturated carbocycles. The molecule has 1 amide bonds. The number of hydrogen-bond acceptors (Lipinski definition) is 3. The smallest absolute Gasteiger partial charge is 0.226 e. The highest BCUT2D eigenvalue weighted by Gasteiger charge is 2.54. The van der Waals surface area contributed by atoms with Crippen LogP contribution >= 0.6 is 0 Å². The fraction of sp³-hybridized carbons (Fsp3) is 0.917. The van der Waals surface area contributed by atoms with Gasteiger partial charge in [-0.1, -0.05) is 6.92 Å². The zero-order chi connectivity index (χ0) is 11.2. The molecule has 4 nitrogen and oxygen atoms in total. The van der Waals surface area contributed by atoms with Crippen molar-refractivity contribution < 1.29 is 9.53 Å². The third kappa shape index (κ3) is 1.64. The van der Waals surface area contributed by atoms with Crippen molar-refractivity contribution in [2.75, 3.05) is 26.3 Å². The van der Waals surface area contributed by atoms with Crippen molar-refractivity contribution in [3.8, 4) is 0 Å². The van der Waals surface area contributed by atoms with E-state index in [2.05, 4.69) is 17.6 Å². The molecule has 4 heteroatoms. The Balaban J connectivity index is 1.56. The van der Waals surface area contributed by atoms with Crippen molar-refractivity contribution in [1.82, 2.24) is 10.6 Å². The molecule has 3 fully saturated rings. The van der Waals surface area contributed by atoms with Crippen LogP contribution in [0, 0.1) is 17.3 Å². The molecule has 0 spiro atoms. The molecule has 3 rings (SSSR count). The van der Waals surface area contributed by atoms with Crippen molar-refractivity contribution in [3.63, 3.8) is 0 Å². The predicted molar refractivity (Wildman–Crippen MR) is 59.9 cm³/mol. The largest absolute Gasteiger partial charge is 0.381 e. The summed E-state index contributed by atoms with van der Waals surface area (Å²) in [6, 6.07) is 0.452. The number of carbonyl (C=O) groups is 1. The summed E-state index contributed by atoms with van der Waals surface area (Å²) >= 11 is 0. The van der Waals surface area contributed by atoms with Crippen molar-refractivity contribution in [3.05, 3.63) is 0 Å². The molecule has 3 atom stereocenters. The monoisotopic (exact) mass is 224 g/mol. The molecule has 0 aromatic heterocycles. The van der Waals surface area contributed by atoms with Gasteiger partial charge in [-0.2, -0.15) is 0 Å². The summed E-state index contributed by atoms with van der Waals surface area (Å²) in [7, 11) is 0. The van der Waals surface area contributed by atoms with Gasteiger partial charge in [-0.3, -0.25) is 4.79 Å². The van der Waals surface area contributed by atoms with E-state index in [-0.39, 0.29) is 11.3 Å². The number of hydrogen-bond donors (Lipinski definition) is 2. The Morgan fingerprint density at radius 3 is 2.56 bits per heavy atom. The fourth-order valence-electron chi connectivity index (χ4n) is 3.01. The van der Waals surface area contributed by atoms with Gasteiger partial charge in [0.15, 0.2) is 0 Å². The fourth-order valence-corrected chi connectivity index (χ4v) is 3.01. The Morgan fingerprint density at radius 2 is 1.94 bits per heavy atom. The number of ether oxygens (including phenoxy) is 1. The average Bonchev–Trinajstić information content (AvgIpc) is 2.75. The molecular formula is C12H20N2O2. The molecule has 3 aliphatic rings. The molecule has 0 bridgehead atoms. The molecule has 0 aromatic rings. The first-order valence-corrected chi connectivity index (χ1v) is 6.30. The lowest BCUT2D eigenvalue weighted by Gasteiger charge is -2.32. The topological polar surface area (TPSA) is 50.4 Å². The molecular weight excluding hydrogens is 204 g/mol. The summed E-state index contributed by atoms with van der Waals surface area (Å²) in [5.74, 6) is 1.65. The Hall–Kier alpha value is -0.610. The summed E-state index contributed by atoms with van der Waals surface area (Å²) in [5.41, 5.74) is -0.192. The molecule has 1 aliphatic carbocycles. The van der Waals surface area contributed by atoms with Crippen LogP contribution in [0.1, 0.15) is 19.8 Å². The van der Waals surface area contributed by atoms with Crippen molar-refractivity contribution in [2.24, 2.45) is 17.3 Å². The van der Waals surface area contributed by atoms with Gasteiger partial charge in [-0.05, 0) is 24.7 Å². The first-order valence-electron chi connectivity index (χ1n) is 6.30. The first kappa shape index (κ1) is 10.5. The maximum atomic E-state index is 12.2. The Morgan fingerprint density at radius 1 is 1.31 bits per heavy atom. The zero-order valence-corrected chi connectivity index (χ0v) is 9.79. The van der Waals surface area contributed by atoms with E-state index in [0.717, 1.165) is 39.1 Å². The second-order valence-corrected chi connectivity index (χ2v) is 5.66. The normalized spacial score (nSPS) is 40.2. The van der Waals surface area contributed by atoms with Gasteiger partial charge < -0.3 is 15.4 Å². The van der Waals surface area contributed by atoms with E-state index in [9.17, 15) is 4.79 Å². The van der Waals surface area contributed by atoms with Crippen LogP contribution in [0.15, 0.2) is 0 Å². The summed E-state index contributed by atoms with van der Waals surface area (Å²) < 4.78 is 5.32. The van der Waals surface area contributed by atoms with Gasteiger partial charge in [0.1, 0.15) is 0 Å². The van der Waals surface area contributed by atoms with Crippen molar-refractivity contribution >= 4 is 5.91 Å². The molecule has 90 valence electrons. The summed E-state index contributed by atoms with van der Waals surface area (Å²) in [5, 5.41) is 6.57. The van der Waals surface area contributed by atoms with Crippen LogP contribution in [0.2, 0.25) is 0 Å². The second kappa shape index (κ2) is 3.70. The third-order valence-corrected chi connectivity index (χ3v) is 4.53. The van der Waals surface area contributed by atoms with Crippen molar-refractivity contribution in [2.45, 2.75) is 25.8 Å². The highest BCUT2D eigenvalue weighted by Crippen LogP contribution is 2.42. The Bertz CT molecular complexity index is 289. The lowest BCUT2D eigenvalue weighted by Crippen LogP contribution is -2.45. The van der Waals surface area contributed by atoms with Gasteiger partial charge in [0.25, 0.3) is 0 Å². The molecule has 2 aliphatic heterocycles. The van der Waals surface area contributed by atoms with Crippen LogP contribution in [0.25, 0.3) is 0 Å². The number of carbonyl (C=O) groups excluding carboxylic acids is 1. The van der Waals surface area contributed by atoms with E-state index >= 15 is 0 Å². The van der Waals surface area contributed by atoms with E-state index in [1.54, 1.807) is 0 Å². The zero-order valence-electron chi connectivity index (χ0n) is 9.79. The van der Waals surface area contributed by atoms with Gasteiger partial charge in [0.05, 0.1) is 5.41 Å². The maximum absolute atomic E-state index is 12.2. The highest BCUT2D eigenvalue weighted by atomic mass is 16.5.